The first-order valence-corrected chi connectivity index (χ1v) is 17.1. The van der Waals surface area contributed by atoms with Crippen molar-refractivity contribution >= 4 is 23.2 Å². The maximum atomic E-state index is 11.0. The molecule has 0 aliphatic heterocycles. The molecule has 0 saturated heterocycles. The molecular formula is C25H31Cl2NOZr. The van der Waals surface area contributed by atoms with Gasteiger partial charge in [-0.1, -0.05) is 57.5 Å². The van der Waals surface area contributed by atoms with E-state index < -0.39 is 20.8 Å². The molecule has 3 atom stereocenters. The molecule has 2 fully saturated rings. The molecule has 1 N–H and O–H groups in total. The normalized spacial score (nSPS) is 22.8. The number of aromatic hydroxyl groups is 1. The summed E-state index contributed by atoms with van der Waals surface area (Å²) in [4.78, 5) is 4.94. The number of hydrogen-bond acceptors (Lipinski definition) is 2. The van der Waals surface area contributed by atoms with Gasteiger partial charge in [0.1, 0.15) is 5.75 Å². The van der Waals surface area contributed by atoms with Gasteiger partial charge < -0.3 is 5.11 Å². The monoisotopic (exact) mass is 521 g/mol. The van der Waals surface area contributed by atoms with Crippen molar-refractivity contribution in [3.8, 4) is 16.9 Å². The first-order valence-electron chi connectivity index (χ1n) is 10.8. The van der Waals surface area contributed by atoms with Gasteiger partial charge in [-0.3, -0.25) is 4.99 Å². The fourth-order valence-corrected chi connectivity index (χ4v) is 4.83. The summed E-state index contributed by atoms with van der Waals surface area (Å²) in [5.41, 5.74) is 4.13. The van der Waals surface area contributed by atoms with Gasteiger partial charge in [0.25, 0.3) is 0 Å². The SMILES string of the molecule is CCC(C)(C)c1cc(-c2ccccc2)cc(C=NC2CC3CCC2C3)c1O.[Cl][Zr][Cl]. The van der Waals surface area contributed by atoms with Gasteiger partial charge in [0.2, 0.25) is 0 Å². The quantitative estimate of drug-likeness (QED) is 0.400. The molecule has 2 aliphatic rings. The average molecular weight is 524 g/mol. The second-order valence-corrected chi connectivity index (χ2v) is 12.9. The van der Waals surface area contributed by atoms with Gasteiger partial charge in [-0.05, 0) is 66.2 Å². The number of nitrogens with zero attached hydrogens (tertiary/aromatic N) is 1. The van der Waals surface area contributed by atoms with E-state index in [0.29, 0.717) is 11.8 Å². The molecule has 30 heavy (non-hydrogen) atoms. The second-order valence-electron chi connectivity index (χ2n) is 9.16. The molecule has 3 unspecified atom stereocenters. The molecule has 2 bridgehead atoms. The summed E-state index contributed by atoms with van der Waals surface area (Å²) in [7, 11) is 9.87. The Bertz CT molecular complexity index is 869. The van der Waals surface area contributed by atoms with Gasteiger partial charge in [0.15, 0.2) is 0 Å². The van der Waals surface area contributed by atoms with Crippen LogP contribution in [0.1, 0.15) is 64.0 Å². The molecule has 0 aromatic heterocycles. The van der Waals surface area contributed by atoms with Crippen molar-refractivity contribution in [2.24, 2.45) is 16.8 Å². The van der Waals surface area contributed by atoms with Crippen LogP contribution in [0.15, 0.2) is 47.5 Å². The van der Waals surface area contributed by atoms with Crippen molar-refractivity contribution in [2.75, 3.05) is 0 Å². The summed E-state index contributed by atoms with van der Waals surface area (Å²) < 4.78 is 0. The number of hydrogen-bond donors (Lipinski definition) is 1. The molecule has 5 heteroatoms. The Morgan fingerprint density at radius 2 is 1.80 bits per heavy atom. The summed E-state index contributed by atoms with van der Waals surface area (Å²) in [5, 5.41) is 11.0. The van der Waals surface area contributed by atoms with Crippen LogP contribution in [0.25, 0.3) is 11.1 Å². The number of halogens is 2. The molecule has 160 valence electrons. The number of benzene rings is 2. The Kier molecular flexibility index (Phi) is 8.65. The Hall–Kier alpha value is -0.627. The van der Waals surface area contributed by atoms with Crippen LogP contribution < -0.4 is 0 Å². The topological polar surface area (TPSA) is 32.6 Å². The van der Waals surface area contributed by atoms with E-state index >= 15 is 0 Å². The average Bonchev–Trinajstić information content (AvgIpc) is 3.37. The standard InChI is InChI=1S/C25H31NO.2ClH.Zr/c1-4-25(2,3)22-15-20(18-8-6-5-7-9-18)14-21(24(22)27)16-26-23-13-17-10-11-19(23)12-17;;;/h5-9,14-17,19,23,27H,4,10-13H2,1-3H3;2*1H;/q;;;+2/p-2. The van der Waals surface area contributed by atoms with Crippen LogP contribution in [0, 0.1) is 11.8 Å². The fourth-order valence-electron chi connectivity index (χ4n) is 4.83. The van der Waals surface area contributed by atoms with E-state index in [0.717, 1.165) is 34.9 Å². The van der Waals surface area contributed by atoms with E-state index in [1.165, 1.54) is 31.2 Å². The van der Waals surface area contributed by atoms with Crippen LogP contribution in [-0.2, 0) is 26.3 Å². The van der Waals surface area contributed by atoms with Crippen molar-refractivity contribution in [1.82, 2.24) is 0 Å². The molecule has 0 radical (unpaired) electrons. The van der Waals surface area contributed by atoms with Crippen molar-refractivity contribution in [1.29, 1.82) is 0 Å². The van der Waals surface area contributed by atoms with Crippen LogP contribution in [0.5, 0.6) is 5.75 Å². The zero-order valence-corrected chi connectivity index (χ0v) is 22.0. The number of rotatable bonds is 5. The third-order valence-electron chi connectivity index (χ3n) is 6.97. The van der Waals surface area contributed by atoms with E-state index in [2.05, 4.69) is 57.2 Å². The van der Waals surface area contributed by atoms with Crippen molar-refractivity contribution in [2.45, 2.75) is 64.3 Å². The van der Waals surface area contributed by atoms with E-state index in [9.17, 15) is 5.11 Å². The number of phenols is 1. The molecule has 2 aromatic rings. The van der Waals surface area contributed by atoms with E-state index in [-0.39, 0.29) is 5.41 Å². The molecule has 4 rings (SSSR count). The first-order chi connectivity index (χ1) is 14.4. The molecule has 2 saturated carbocycles. The fraction of sp³-hybridized carbons (Fsp3) is 0.480. The summed E-state index contributed by atoms with van der Waals surface area (Å²) >= 11 is -0.826. The van der Waals surface area contributed by atoms with Crippen LogP contribution >= 0.6 is 17.0 Å². The molecule has 0 heterocycles. The summed E-state index contributed by atoms with van der Waals surface area (Å²) in [5.74, 6) is 2.04. The van der Waals surface area contributed by atoms with Gasteiger partial charge in [-0.2, -0.15) is 0 Å². The minimum atomic E-state index is -0.826. The van der Waals surface area contributed by atoms with Gasteiger partial charge in [0.05, 0.1) is 6.04 Å². The van der Waals surface area contributed by atoms with Crippen molar-refractivity contribution in [3.05, 3.63) is 53.6 Å². The predicted octanol–water partition coefficient (Wildman–Crippen LogP) is 7.73. The van der Waals surface area contributed by atoms with Gasteiger partial charge in [-0.25, -0.2) is 0 Å². The molecule has 2 aliphatic carbocycles. The van der Waals surface area contributed by atoms with Gasteiger partial charge in [0, 0.05) is 17.3 Å². The molecule has 2 nitrogen and oxygen atoms in total. The third kappa shape index (κ3) is 5.59. The van der Waals surface area contributed by atoms with E-state index in [4.69, 9.17) is 22.0 Å². The molecule has 2 aromatic carbocycles. The van der Waals surface area contributed by atoms with Crippen molar-refractivity contribution < 1.29 is 26.0 Å². The van der Waals surface area contributed by atoms with E-state index in [1.54, 1.807) is 0 Å². The van der Waals surface area contributed by atoms with Crippen LogP contribution in [0.4, 0.5) is 0 Å². The second kappa shape index (κ2) is 10.8. The zero-order chi connectivity index (χ0) is 21.7. The zero-order valence-electron chi connectivity index (χ0n) is 18.0. The maximum absolute atomic E-state index is 11.0. The number of fused-ring (bicyclic) bond motifs is 2. The summed E-state index contributed by atoms with van der Waals surface area (Å²) in [6.45, 7) is 6.58. The Morgan fingerprint density at radius 3 is 2.37 bits per heavy atom. The molecular weight excluding hydrogens is 492 g/mol. The Labute approximate surface area is 199 Å². The number of phenolic OH excluding ortho intramolecular Hbond substituents is 1. The minimum absolute atomic E-state index is 0.0795. The Balaban J connectivity index is 0.000000806. The van der Waals surface area contributed by atoms with Crippen molar-refractivity contribution in [3.63, 3.8) is 0 Å². The van der Waals surface area contributed by atoms with Crippen LogP contribution in [-0.4, -0.2) is 17.4 Å². The summed E-state index contributed by atoms with van der Waals surface area (Å²) in [6, 6.07) is 15.1. The van der Waals surface area contributed by atoms with Gasteiger partial charge in [-0.15, -0.1) is 0 Å². The van der Waals surface area contributed by atoms with E-state index in [1.807, 2.05) is 12.3 Å². The van der Waals surface area contributed by atoms with Crippen LogP contribution in [0.3, 0.4) is 0 Å². The van der Waals surface area contributed by atoms with Crippen LogP contribution in [0.2, 0.25) is 0 Å². The molecule has 0 amide bonds. The predicted molar refractivity (Wildman–Crippen MR) is 125 cm³/mol. The van der Waals surface area contributed by atoms with Gasteiger partial charge >= 0.3 is 37.9 Å². The third-order valence-corrected chi connectivity index (χ3v) is 6.97. The summed E-state index contributed by atoms with van der Waals surface area (Å²) in [6.07, 6.45) is 8.22. The Morgan fingerprint density at radius 1 is 1.10 bits per heavy atom. The first kappa shape index (κ1) is 24.0. The molecule has 0 spiro atoms. The number of aliphatic imine (C=N–C) groups is 1.